The van der Waals surface area contributed by atoms with Crippen molar-refractivity contribution in [2.75, 3.05) is 20.3 Å². The zero-order chi connectivity index (χ0) is 25.7. The molecule has 8 heteroatoms. The number of rotatable bonds is 6. The molecular formula is C26H46N2O4Si2. The monoisotopic (exact) mass is 506 g/mol. The molecule has 0 aromatic carbocycles. The second kappa shape index (κ2) is 9.02. The lowest BCUT2D eigenvalue weighted by atomic mass is 9.65. The van der Waals surface area contributed by atoms with Crippen LogP contribution in [-0.4, -0.2) is 53.9 Å². The lowest BCUT2D eigenvalue weighted by Gasteiger charge is -2.52. The molecule has 3 rings (SSSR count). The highest BCUT2D eigenvalue weighted by atomic mass is 28.4. The number of carbonyl (C=O) groups excluding carboxylic acids is 1. The van der Waals surface area contributed by atoms with Crippen LogP contribution < -0.4 is 10.1 Å². The molecule has 0 saturated carbocycles. The van der Waals surface area contributed by atoms with Crippen molar-refractivity contribution in [3.8, 4) is 5.88 Å². The number of fused-ring (bicyclic) bond motifs is 4. The van der Waals surface area contributed by atoms with E-state index in [4.69, 9.17) is 18.6 Å². The number of amides is 1. The molecule has 34 heavy (non-hydrogen) atoms. The van der Waals surface area contributed by atoms with Crippen molar-refractivity contribution < 1.29 is 18.4 Å². The molecule has 1 N–H and O–H groups in total. The summed E-state index contributed by atoms with van der Waals surface area (Å²) in [6.07, 6.45) is 1.04. The van der Waals surface area contributed by atoms with Crippen molar-refractivity contribution in [2.24, 2.45) is 5.92 Å². The second-order valence-corrected chi connectivity index (χ2v) is 22.9. The first-order chi connectivity index (χ1) is 15.4. The van der Waals surface area contributed by atoms with E-state index in [9.17, 15) is 4.79 Å². The smallest absolute Gasteiger partial charge is 0.220 e. The van der Waals surface area contributed by atoms with Crippen LogP contribution in [-0.2, 0) is 25.5 Å². The van der Waals surface area contributed by atoms with Gasteiger partial charge in [0, 0.05) is 31.3 Å². The molecule has 1 saturated heterocycles. The Labute approximate surface area is 208 Å². The van der Waals surface area contributed by atoms with E-state index in [1.807, 2.05) is 6.07 Å². The van der Waals surface area contributed by atoms with E-state index in [0.29, 0.717) is 31.9 Å². The van der Waals surface area contributed by atoms with E-state index >= 15 is 0 Å². The fourth-order valence-corrected chi connectivity index (χ4v) is 7.00. The van der Waals surface area contributed by atoms with Gasteiger partial charge in [-0.2, -0.15) is 0 Å². The number of hydrogen-bond acceptors (Lipinski definition) is 5. The first kappa shape index (κ1) is 27.4. The molecule has 192 valence electrons. The summed E-state index contributed by atoms with van der Waals surface area (Å²) >= 11 is 0. The number of nitrogens with one attached hydrogen (secondary N) is 1. The summed E-state index contributed by atoms with van der Waals surface area (Å²) in [6.45, 7) is 23.8. The van der Waals surface area contributed by atoms with Crippen molar-refractivity contribution in [1.29, 1.82) is 0 Å². The van der Waals surface area contributed by atoms with Crippen LogP contribution in [0.15, 0.2) is 12.1 Å². The zero-order valence-corrected chi connectivity index (χ0v) is 25.2. The Kier molecular flexibility index (Phi) is 7.26. The molecule has 1 fully saturated rings. The van der Waals surface area contributed by atoms with Crippen LogP contribution in [0.4, 0.5) is 0 Å². The fourth-order valence-electron chi connectivity index (χ4n) is 4.55. The Morgan fingerprint density at radius 3 is 2.21 bits per heavy atom. The molecule has 6 nitrogen and oxygen atoms in total. The lowest BCUT2D eigenvalue weighted by molar-refractivity contribution is -0.121. The predicted octanol–water partition coefficient (Wildman–Crippen LogP) is 5.43. The Hall–Kier alpha value is -1.23. The molecule has 1 aromatic heterocycles. The van der Waals surface area contributed by atoms with Crippen molar-refractivity contribution in [1.82, 2.24) is 10.3 Å². The number of nitrogens with zero attached hydrogens (tertiary/aromatic N) is 1. The van der Waals surface area contributed by atoms with Crippen LogP contribution in [0.1, 0.15) is 59.2 Å². The number of aromatic nitrogens is 1. The third-order valence-electron chi connectivity index (χ3n) is 8.90. The average Bonchev–Trinajstić information content (AvgIpc) is 2.78. The van der Waals surface area contributed by atoms with Gasteiger partial charge in [0.2, 0.25) is 11.8 Å². The molecule has 0 spiro atoms. The van der Waals surface area contributed by atoms with Gasteiger partial charge in [0.25, 0.3) is 0 Å². The zero-order valence-electron chi connectivity index (χ0n) is 23.2. The van der Waals surface area contributed by atoms with Gasteiger partial charge in [-0.3, -0.25) is 4.79 Å². The van der Waals surface area contributed by atoms with E-state index in [0.717, 1.165) is 11.3 Å². The van der Waals surface area contributed by atoms with Crippen molar-refractivity contribution >= 4 is 22.5 Å². The van der Waals surface area contributed by atoms with Gasteiger partial charge in [0.1, 0.15) is 0 Å². The number of ether oxygens (including phenoxy) is 1. The number of methoxy groups -OCH3 is 1. The largest absolute Gasteiger partial charge is 0.481 e. The Morgan fingerprint density at radius 2 is 1.65 bits per heavy atom. The maximum absolute atomic E-state index is 12.9. The van der Waals surface area contributed by atoms with E-state index in [1.165, 1.54) is 0 Å². The van der Waals surface area contributed by atoms with Gasteiger partial charge in [0.15, 0.2) is 16.6 Å². The van der Waals surface area contributed by atoms with Crippen molar-refractivity contribution in [3.05, 3.63) is 23.4 Å². The highest BCUT2D eigenvalue weighted by Crippen LogP contribution is 2.49. The van der Waals surface area contributed by atoms with E-state index in [1.54, 1.807) is 7.11 Å². The molecule has 1 aliphatic carbocycles. The van der Waals surface area contributed by atoms with Crippen molar-refractivity contribution in [2.45, 2.75) is 102 Å². The summed E-state index contributed by atoms with van der Waals surface area (Å²) in [4.78, 5) is 17.7. The molecule has 2 bridgehead atoms. The maximum Gasteiger partial charge on any atom is 0.220 e. The van der Waals surface area contributed by atoms with Crippen LogP contribution in [0.3, 0.4) is 0 Å². The SMILES string of the molecule is COc1ccc2c(n1)C[C@@H]1CC(=O)NC[C@@]2(CO[Si](C)(C)C(C)(C)C)[C@@H]1O[Si](C)(C)C(C)(C)C. The molecule has 1 aromatic rings. The molecule has 1 amide bonds. The molecule has 1 aliphatic heterocycles. The van der Waals surface area contributed by atoms with Crippen LogP contribution in [0.5, 0.6) is 5.88 Å². The topological polar surface area (TPSA) is 69.7 Å². The van der Waals surface area contributed by atoms with E-state index in [-0.39, 0.29) is 28.0 Å². The summed E-state index contributed by atoms with van der Waals surface area (Å²) in [7, 11) is -2.53. The van der Waals surface area contributed by atoms with Gasteiger partial charge in [0.05, 0.1) is 18.6 Å². The summed E-state index contributed by atoms with van der Waals surface area (Å²) in [5.41, 5.74) is 1.65. The molecule has 3 atom stereocenters. The van der Waals surface area contributed by atoms with Crippen molar-refractivity contribution in [3.63, 3.8) is 0 Å². The minimum Gasteiger partial charge on any atom is -0.481 e. The molecule has 2 heterocycles. The van der Waals surface area contributed by atoms with Gasteiger partial charge in [-0.15, -0.1) is 0 Å². The fraction of sp³-hybridized carbons (Fsp3) is 0.769. The first-order valence-corrected chi connectivity index (χ1v) is 18.4. The number of carbonyl (C=O) groups is 1. The van der Waals surface area contributed by atoms with Gasteiger partial charge < -0.3 is 18.9 Å². The van der Waals surface area contributed by atoms with Crippen LogP contribution in [0.2, 0.25) is 36.3 Å². The van der Waals surface area contributed by atoms with Crippen LogP contribution in [0, 0.1) is 5.92 Å². The Morgan fingerprint density at radius 1 is 1.03 bits per heavy atom. The Bertz CT molecular complexity index is 920. The van der Waals surface area contributed by atoms with Gasteiger partial charge in [-0.05, 0) is 54.2 Å². The average molecular weight is 507 g/mol. The first-order valence-electron chi connectivity index (χ1n) is 12.6. The quantitative estimate of drug-likeness (QED) is 0.521. The molecule has 2 aliphatic rings. The predicted molar refractivity (Wildman–Crippen MR) is 143 cm³/mol. The number of hydrogen-bond donors (Lipinski definition) is 1. The summed E-state index contributed by atoms with van der Waals surface area (Å²) < 4.78 is 19.6. The van der Waals surface area contributed by atoms with Gasteiger partial charge in [-0.1, -0.05) is 47.6 Å². The minimum atomic E-state index is -2.13. The molecule has 0 radical (unpaired) electrons. The normalized spacial score (nSPS) is 25.9. The lowest BCUT2D eigenvalue weighted by Crippen LogP contribution is -2.61. The molecule has 0 unspecified atom stereocenters. The highest BCUT2D eigenvalue weighted by molar-refractivity contribution is 6.74. The van der Waals surface area contributed by atoms with Crippen LogP contribution >= 0.6 is 0 Å². The van der Waals surface area contributed by atoms with Crippen LogP contribution in [0.25, 0.3) is 0 Å². The second-order valence-electron chi connectivity index (χ2n) is 13.3. The van der Waals surface area contributed by atoms with E-state index in [2.05, 4.69) is 79.1 Å². The van der Waals surface area contributed by atoms with Gasteiger partial charge >= 0.3 is 0 Å². The maximum atomic E-state index is 12.9. The minimum absolute atomic E-state index is 0.0479. The third-order valence-corrected chi connectivity index (χ3v) is 17.8. The number of pyridine rings is 1. The molecular weight excluding hydrogens is 460 g/mol. The highest BCUT2D eigenvalue weighted by Gasteiger charge is 2.56. The standard InChI is InChI=1S/C26H46N2O4Si2/c1-24(2,3)33(8,9)31-17-26-16-27-21(29)15-18(23(26)32-34(10,11)25(4,5)6)14-20-19(26)12-13-22(28-20)30-7/h12-13,18,23H,14-17H2,1-11H3,(H,27,29)/t18-,23-,26+/m1/s1. The third kappa shape index (κ3) is 5.01. The summed E-state index contributed by atoms with van der Waals surface area (Å²) in [6, 6.07) is 4.06. The Balaban J connectivity index is 2.17. The summed E-state index contributed by atoms with van der Waals surface area (Å²) in [5, 5.41) is 3.38. The van der Waals surface area contributed by atoms with Gasteiger partial charge in [-0.25, -0.2) is 4.98 Å². The van der Waals surface area contributed by atoms with E-state index < -0.39 is 22.0 Å². The summed E-state index contributed by atoms with van der Waals surface area (Å²) in [5.74, 6) is 0.744.